The molecule has 16 heavy (non-hydrogen) atoms. The van der Waals surface area contributed by atoms with Crippen LogP contribution in [0.2, 0.25) is 0 Å². The van der Waals surface area contributed by atoms with Gasteiger partial charge in [0.25, 0.3) is 0 Å². The zero-order valence-electron chi connectivity index (χ0n) is 9.68. The van der Waals surface area contributed by atoms with E-state index in [0.29, 0.717) is 0 Å². The highest BCUT2D eigenvalue weighted by molar-refractivity contribution is 7.09. The van der Waals surface area contributed by atoms with E-state index in [-0.39, 0.29) is 6.04 Å². The summed E-state index contributed by atoms with van der Waals surface area (Å²) in [6.07, 6.45) is 2.02. The van der Waals surface area contributed by atoms with Crippen LogP contribution in [0, 0.1) is 6.92 Å². The Morgan fingerprint density at radius 3 is 2.94 bits per heavy atom. The largest absolute Gasteiger partial charge is 0.323 e. The number of aromatic nitrogens is 2. The Labute approximate surface area is 99.9 Å². The predicted molar refractivity (Wildman–Crippen MR) is 67.5 cm³/mol. The molecule has 0 saturated heterocycles. The summed E-state index contributed by atoms with van der Waals surface area (Å²) in [6, 6.07) is 6.39. The van der Waals surface area contributed by atoms with Crippen LogP contribution < -0.4 is 5.73 Å². The van der Waals surface area contributed by atoms with E-state index in [9.17, 15) is 0 Å². The smallest absolute Gasteiger partial charge is 0.0597 e. The summed E-state index contributed by atoms with van der Waals surface area (Å²) < 4.78 is 1.88. The number of hydrogen-bond acceptors (Lipinski definition) is 3. The van der Waals surface area contributed by atoms with Crippen molar-refractivity contribution in [2.45, 2.75) is 25.8 Å². The van der Waals surface area contributed by atoms with Gasteiger partial charge in [0.2, 0.25) is 0 Å². The maximum atomic E-state index is 6.17. The lowest BCUT2D eigenvalue weighted by molar-refractivity contribution is 0.583. The van der Waals surface area contributed by atoms with Crippen molar-refractivity contribution >= 4 is 11.3 Å². The lowest BCUT2D eigenvalue weighted by Gasteiger charge is -2.10. The fourth-order valence-electron chi connectivity index (χ4n) is 1.88. The van der Waals surface area contributed by atoms with E-state index < -0.39 is 0 Å². The first kappa shape index (κ1) is 11.4. The van der Waals surface area contributed by atoms with Gasteiger partial charge in [-0.25, -0.2) is 0 Å². The molecule has 3 nitrogen and oxygen atoms in total. The number of nitrogens with two attached hydrogens (primary N) is 1. The molecule has 0 aliphatic rings. The van der Waals surface area contributed by atoms with Crippen molar-refractivity contribution in [2.24, 2.45) is 12.8 Å². The molecule has 1 unspecified atom stereocenters. The van der Waals surface area contributed by atoms with Crippen LogP contribution in [0.3, 0.4) is 0 Å². The van der Waals surface area contributed by atoms with Crippen LogP contribution in [0.1, 0.15) is 28.7 Å². The van der Waals surface area contributed by atoms with Gasteiger partial charge in [-0.2, -0.15) is 5.10 Å². The molecule has 2 aromatic rings. The van der Waals surface area contributed by atoms with Gasteiger partial charge >= 0.3 is 0 Å². The zero-order chi connectivity index (χ0) is 11.5. The Morgan fingerprint density at radius 1 is 1.56 bits per heavy atom. The summed E-state index contributed by atoms with van der Waals surface area (Å²) in [5, 5.41) is 6.42. The second-order valence-electron chi connectivity index (χ2n) is 4.06. The summed E-state index contributed by atoms with van der Waals surface area (Å²) in [7, 11) is 1.95. The highest BCUT2D eigenvalue weighted by Gasteiger charge is 2.11. The third-order valence-corrected chi connectivity index (χ3v) is 3.64. The molecule has 0 aliphatic carbocycles. The van der Waals surface area contributed by atoms with E-state index in [4.69, 9.17) is 5.73 Å². The highest BCUT2D eigenvalue weighted by atomic mass is 32.1. The van der Waals surface area contributed by atoms with Crippen LogP contribution in [-0.4, -0.2) is 9.78 Å². The molecule has 2 aromatic heterocycles. The molecule has 0 bridgehead atoms. The van der Waals surface area contributed by atoms with Gasteiger partial charge in [-0.05, 0) is 37.3 Å². The quantitative estimate of drug-likeness (QED) is 0.884. The first-order valence-corrected chi connectivity index (χ1v) is 6.33. The molecule has 0 spiro atoms. The van der Waals surface area contributed by atoms with E-state index >= 15 is 0 Å². The van der Waals surface area contributed by atoms with Gasteiger partial charge in [0.1, 0.15) is 0 Å². The second kappa shape index (κ2) is 4.80. The van der Waals surface area contributed by atoms with Crippen molar-refractivity contribution in [3.63, 3.8) is 0 Å². The number of rotatable bonds is 4. The minimum Gasteiger partial charge on any atom is -0.323 e. The van der Waals surface area contributed by atoms with Crippen molar-refractivity contribution in [2.75, 3.05) is 0 Å². The molecule has 2 heterocycles. The molecule has 0 aliphatic heterocycles. The van der Waals surface area contributed by atoms with E-state index in [1.807, 2.05) is 18.7 Å². The summed E-state index contributed by atoms with van der Waals surface area (Å²) in [6.45, 7) is 2.00. The van der Waals surface area contributed by atoms with Crippen molar-refractivity contribution in [3.05, 3.63) is 39.8 Å². The molecule has 0 aromatic carbocycles. The molecule has 0 amide bonds. The Hall–Kier alpha value is -1.13. The van der Waals surface area contributed by atoms with Crippen LogP contribution in [0.25, 0.3) is 0 Å². The first-order valence-electron chi connectivity index (χ1n) is 5.45. The summed E-state index contributed by atoms with van der Waals surface area (Å²) >= 11 is 1.79. The normalized spacial score (nSPS) is 12.9. The molecule has 2 N–H and O–H groups in total. The maximum absolute atomic E-state index is 6.17. The second-order valence-corrected chi connectivity index (χ2v) is 5.09. The fourth-order valence-corrected chi connectivity index (χ4v) is 2.60. The molecule has 1 atom stereocenters. The Morgan fingerprint density at radius 2 is 2.38 bits per heavy atom. The van der Waals surface area contributed by atoms with E-state index in [1.54, 1.807) is 11.3 Å². The predicted octanol–water partition coefficient (Wildman–Crippen LogP) is 2.42. The van der Waals surface area contributed by atoms with Gasteiger partial charge in [0.15, 0.2) is 0 Å². The lowest BCUT2D eigenvalue weighted by Crippen LogP contribution is -2.15. The lowest BCUT2D eigenvalue weighted by atomic mass is 10.1. The molecular formula is C12H17N3S. The minimum atomic E-state index is 0.0771. The average Bonchev–Trinajstić information content (AvgIpc) is 2.84. The molecule has 86 valence electrons. The van der Waals surface area contributed by atoms with Crippen molar-refractivity contribution < 1.29 is 0 Å². The molecule has 4 heteroatoms. The SMILES string of the molecule is Cc1cc(C(N)CCc2cccs2)n(C)n1. The number of aryl methyl sites for hydroxylation is 3. The molecule has 0 saturated carbocycles. The van der Waals surface area contributed by atoms with Crippen LogP contribution in [0.15, 0.2) is 23.6 Å². The Balaban J connectivity index is 1.98. The third-order valence-electron chi connectivity index (χ3n) is 2.70. The minimum absolute atomic E-state index is 0.0771. The Kier molecular flexibility index (Phi) is 3.41. The monoisotopic (exact) mass is 235 g/mol. The van der Waals surface area contributed by atoms with Gasteiger partial charge in [-0.3, -0.25) is 4.68 Å². The van der Waals surface area contributed by atoms with Gasteiger partial charge in [-0.15, -0.1) is 11.3 Å². The van der Waals surface area contributed by atoms with Crippen molar-refractivity contribution in [3.8, 4) is 0 Å². The highest BCUT2D eigenvalue weighted by Crippen LogP contribution is 2.19. The van der Waals surface area contributed by atoms with E-state index in [2.05, 4.69) is 28.7 Å². The Bertz CT molecular complexity index is 445. The first-order chi connectivity index (χ1) is 7.66. The topological polar surface area (TPSA) is 43.8 Å². The van der Waals surface area contributed by atoms with Crippen molar-refractivity contribution in [1.29, 1.82) is 0 Å². The van der Waals surface area contributed by atoms with Crippen LogP contribution in [0.4, 0.5) is 0 Å². The maximum Gasteiger partial charge on any atom is 0.0597 e. The third kappa shape index (κ3) is 2.51. The summed E-state index contributed by atoms with van der Waals surface area (Å²) in [4.78, 5) is 1.40. The van der Waals surface area contributed by atoms with Crippen LogP contribution in [0.5, 0.6) is 0 Å². The van der Waals surface area contributed by atoms with E-state index in [1.165, 1.54) is 4.88 Å². The summed E-state index contributed by atoms with van der Waals surface area (Å²) in [5.74, 6) is 0. The zero-order valence-corrected chi connectivity index (χ0v) is 10.5. The van der Waals surface area contributed by atoms with Crippen LogP contribution in [-0.2, 0) is 13.5 Å². The van der Waals surface area contributed by atoms with Gasteiger partial charge < -0.3 is 5.73 Å². The van der Waals surface area contributed by atoms with Gasteiger partial charge in [0, 0.05) is 18.0 Å². The molecular weight excluding hydrogens is 218 g/mol. The standard InChI is InChI=1S/C12H17N3S/c1-9-8-12(15(2)14-9)11(13)6-5-10-4-3-7-16-10/h3-4,7-8,11H,5-6,13H2,1-2H3. The van der Waals surface area contributed by atoms with Gasteiger partial charge in [0.05, 0.1) is 11.4 Å². The molecule has 2 rings (SSSR count). The number of hydrogen-bond donors (Lipinski definition) is 1. The molecule has 0 radical (unpaired) electrons. The van der Waals surface area contributed by atoms with Crippen LogP contribution >= 0.6 is 11.3 Å². The fraction of sp³-hybridized carbons (Fsp3) is 0.417. The average molecular weight is 235 g/mol. The van der Waals surface area contributed by atoms with Gasteiger partial charge in [-0.1, -0.05) is 6.07 Å². The number of nitrogens with zero attached hydrogens (tertiary/aromatic N) is 2. The van der Waals surface area contributed by atoms with E-state index in [0.717, 1.165) is 24.2 Å². The number of thiophene rings is 1. The summed E-state index contributed by atoms with van der Waals surface area (Å²) in [5.41, 5.74) is 8.32. The van der Waals surface area contributed by atoms with Crippen molar-refractivity contribution in [1.82, 2.24) is 9.78 Å². The molecule has 0 fully saturated rings.